The van der Waals surface area contributed by atoms with Crippen molar-refractivity contribution in [2.24, 2.45) is 11.8 Å². The first-order valence-electron chi connectivity index (χ1n) is 6.88. The van der Waals surface area contributed by atoms with Crippen molar-refractivity contribution in [1.82, 2.24) is 5.32 Å². The molecule has 0 radical (unpaired) electrons. The highest BCUT2D eigenvalue weighted by atomic mass is 35.5. The van der Waals surface area contributed by atoms with E-state index in [-0.39, 0.29) is 5.54 Å². The van der Waals surface area contributed by atoms with Crippen molar-refractivity contribution < 1.29 is 0 Å². The summed E-state index contributed by atoms with van der Waals surface area (Å²) in [6, 6.07) is 5.92. The Labute approximate surface area is 127 Å². The second-order valence-corrected chi connectivity index (χ2v) is 7.35. The van der Waals surface area contributed by atoms with Crippen molar-refractivity contribution in [3.63, 3.8) is 0 Å². The van der Waals surface area contributed by atoms with E-state index in [2.05, 4.69) is 46.0 Å². The van der Waals surface area contributed by atoms with Crippen LogP contribution in [-0.2, 0) is 6.42 Å². The highest BCUT2D eigenvalue weighted by molar-refractivity contribution is 6.42. The van der Waals surface area contributed by atoms with Crippen molar-refractivity contribution in [3.8, 4) is 0 Å². The van der Waals surface area contributed by atoms with Gasteiger partial charge in [0.25, 0.3) is 0 Å². The highest BCUT2D eigenvalue weighted by Crippen LogP contribution is 2.25. The third-order valence-electron chi connectivity index (χ3n) is 3.47. The molecular formula is C16H25Cl2N. The van der Waals surface area contributed by atoms with Gasteiger partial charge in [0.2, 0.25) is 0 Å². The van der Waals surface area contributed by atoms with E-state index < -0.39 is 0 Å². The summed E-state index contributed by atoms with van der Waals surface area (Å²) in [4.78, 5) is 0. The summed E-state index contributed by atoms with van der Waals surface area (Å²) < 4.78 is 0. The average molecular weight is 302 g/mol. The molecular weight excluding hydrogens is 277 g/mol. The highest BCUT2D eigenvalue weighted by Gasteiger charge is 2.16. The van der Waals surface area contributed by atoms with Crippen molar-refractivity contribution in [1.29, 1.82) is 0 Å². The molecule has 1 nitrogen and oxygen atoms in total. The zero-order valence-electron chi connectivity index (χ0n) is 12.6. The predicted molar refractivity (Wildman–Crippen MR) is 86.2 cm³/mol. The molecule has 1 aromatic carbocycles. The Morgan fingerprint density at radius 1 is 1.05 bits per heavy atom. The molecule has 3 heteroatoms. The van der Waals surface area contributed by atoms with Crippen LogP contribution in [0.5, 0.6) is 0 Å². The van der Waals surface area contributed by atoms with Gasteiger partial charge in [0.05, 0.1) is 10.0 Å². The molecule has 0 aliphatic carbocycles. The molecule has 0 aliphatic heterocycles. The molecule has 1 rings (SSSR count). The van der Waals surface area contributed by atoms with Crippen LogP contribution >= 0.6 is 23.2 Å². The maximum atomic E-state index is 6.05. The van der Waals surface area contributed by atoms with Crippen molar-refractivity contribution >= 4 is 23.2 Å². The van der Waals surface area contributed by atoms with Gasteiger partial charge in [0, 0.05) is 5.54 Å². The number of nitrogens with one attached hydrogen (secondary N) is 1. The summed E-state index contributed by atoms with van der Waals surface area (Å²) in [5, 5.41) is 4.83. The van der Waals surface area contributed by atoms with Crippen molar-refractivity contribution in [3.05, 3.63) is 33.8 Å². The minimum Gasteiger partial charge on any atom is -0.312 e. The summed E-state index contributed by atoms with van der Waals surface area (Å²) in [6.45, 7) is 12.2. The van der Waals surface area contributed by atoms with Crippen LogP contribution < -0.4 is 5.32 Å². The normalized spacial score (nSPS) is 15.3. The van der Waals surface area contributed by atoms with Gasteiger partial charge in [-0.1, -0.05) is 43.1 Å². The Bertz CT molecular complexity index is 410. The second-order valence-electron chi connectivity index (χ2n) is 6.54. The summed E-state index contributed by atoms with van der Waals surface area (Å²) in [5.74, 6) is 1.22. The van der Waals surface area contributed by atoms with Crippen LogP contribution in [-0.4, -0.2) is 12.1 Å². The van der Waals surface area contributed by atoms with Gasteiger partial charge in [-0.15, -0.1) is 0 Å². The Hall–Kier alpha value is -0.240. The Morgan fingerprint density at radius 3 is 2.21 bits per heavy atom. The smallest absolute Gasteiger partial charge is 0.0595 e. The molecule has 0 heterocycles. The Morgan fingerprint density at radius 2 is 1.68 bits per heavy atom. The van der Waals surface area contributed by atoms with E-state index in [9.17, 15) is 0 Å². The number of benzene rings is 1. The quantitative estimate of drug-likeness (QED) is 0.788. The molecule has 108 valence electrons. The Kier molecular flexibility index (Phi) is 6.16. The lowest BCUT2D eigenvalue weighted by Gasteiger charge is -2.26. The molecule has 0 bridgehead atoms. The fourth-order valence-corrected chi connectivity index (χ4v) is 2.23. The molecule has 19 heavy (non-hydrogen) atoms. The summed E-state index contributed by atoms with van der Waals surface area (Å²) >= 11 is 12.0. The standard InChI is InChI=1S/C16H25Cl2N/c1-11(12(2)10-19-16(3,4)5)8-13-6-7-14(17)15(18)9-13/h6-7,9,11-12,19H,8,10H2,1-5H3. The zero-order valence-corrected chi connectivity index (χ0v) is 14.1. The van der Waals surface area contributed by atoms with Crippen LogP contribution in [0.1, 0.15) is 40.2 Å². The van der Waals surface area contributed by atoms with Gasteiger partial charge in [-0.25, -0.2) is 0 Å². The minimum absolute atomic E-state index is 0.178. The van der Waals surface area contributed by atoms with E-state index in [4.69, 9.17) is 23.2 Å². The van der Waals surface area contributed by atoms with Crippen LogP contribution in [0.3, 0.4) is 0 Å². The molecule has 0 fully saturated rings. The van der Waals surface area contributed by atoms with Crippen molar-refractivity contribution in [2.45, 2.75) is 46.6 Å². The predicted octanol–water partition coefficient (Wildman–Crippen LogP) is 5.20. The molecule has 0 amide bonds. The number of hydrogen-bond acceptors (Lipinski definition) is 1. The first kappa shape index (κ1) is 16.8. The van der Waals surface area contributed by atoms with E-state index in [1.54, 1.807) is 0 Å². The lowest BCUT2D eigenvalue weighted by Crippen LogP contribution is -2.40. The third-order valence-corrected chi connectivity index (χ3v) is 4.21. The van der Waals surface area contributed by atoms with Crippen LogP contribution in [0.4, 0.5) is 0 Å². The second kappa shape index (κ2) is 6.97. The third kappa shape index (κ3) is 6.16. The van der Waals surface area contributed by atoms with Gasteiger partial charge in [-0.05, 0) is 63.3 Å². The van der Waals surface area contributed by atoms with Gasteiger partial charge in [-0.2, -0.15) is 0 Å². The fraction of sp³-hybridized carbons (Fsp3) is 0.625. The Balaban J connectivity index is 2.53. The van der Waals surface area contributed by atoms with Crippen LogP contribution in [0.25, 0.3) is 0 Å². The summed E-state index contributed by atoms with van der Waals surface area (Å²) in [5.41, 5.74) is 1.43. The molecule has 1 aromatic rings. The summed E-state index contributed by atoms with van der Waals surface area (Å²) in [6.07, 6.45) is 1.03. The van der Waals surface area contributed by atoms with Gasteiger partial charge in [0.15, 0.2) is 0 Å². The minimum atomic E-state index is 0.178. The average Bonchev–Trinajstić information content (AvgIpc) is 2.29. The largest absolute Gasteiger partial charge is 0.312 e. The van der Waals surface area contributed by atoms with Crippen LogP contribution in [0.2, 0.25) is 10.0 Å². The number of rotatable bonds is 5. The molecule has 0 saturated heterocycles. The van der Waals surface area contributed by atoms with Gasteiger partial charge in [0.1, 0.15) is 0 Å². The summed E-state index contributed by atoms with van der Waals surface area (Å²) in [7, 11) is 0. The van der Waals surface area contributed by atoms with E-state index >= 15 is 0 Å². The molecule has 2 atom stereocenters. The van der Waals surface area contributed by atoms with Crippen molar-refractivity contribution in [2.75, 3.05) is 6.54 Å². The molecule has 1 N–H and O–H groups in total. The zero-order chi connectivity index (χ0) is 14.6. The molecule has 2 unspecified atom stereocenters. The number of halogens is 2. The lowest BCUT2D eigenvalue weighted by atomic mass is 9.89. The van der Waals surface area contributed by atoms with Gasteiger partial charge >= 0.3 is 0 Å². The molecule has 0 saturated carbocycles. The van der Waals surface area contributed by atoms with E-state index in [0.717, 1.165) is 13.0 Å². The monoisotopic (exact) mass is 301 g/mol. The molecule has 0 aromatic heterocycles. The first-order valence-corrected chi connectivity index (χ1v) is 7.63. The fourth-order valence-electron chi connectivity index (χ4n) is 1.91. The van der Waals surface area contributed by atoms with E-state index in [1.807, 2.05) is 12.1 Å². The first-order chi connectivity index (χ1) is 8.69. The topological polar surface area (TPSA) is 12.0 Å². The van der Waals surface area contributed by atoms with Crippen LogP contribution in [0.15, 0.2) is 18.2 Å². The van der Waals surface area contributed by atoms with Gasteiger partial charge in [-0.3, -0.25) is 0 Å². The molecule has 0 aliphatic rings. The SMILES string of the molecule is CC(CNC(C)(C)C)C(C)Cc1ccc(Cl)c(Cl)c1. The maximum absolute atomic E-state index is 6.05. The molecule has 0 spiro atoms. The van der Waals surface area contributed by atoms with Crippen LogP contribution in [0, 0.1) is 11.8 Å². The lowest BCUT2D eigenvalue weighted by molar-refractivity contribution is 0.317. The number of hydrogen-bond donors (Lipinski definition) is 1. The maximum Gasteiger partial charge on any atom is 0.0595 e. The van der Waals surface area contributed by atoms with E-state index in [1.165, 1.54) is 5.56 Å². The van der Waals surface area contributed by atoms with Gasteiger partial charge < -0.3 is 5.32 Å². The van der Waals surface area contributed by atoms with E-state index in [0.29, 0.717) is 21.9 Å².